The summed E-state index contributed by atoms with van der Waals surface area (Å²) in [6.07, 6.45) is 0.178. The van der Waals surface area contributed by atoms with E-state index in [4.69, 9.17) is 14.2 Å². The zero-order chi connectivity index (χ0) is 17.3. The van der Waals surface area contributed by atoms with Gasteiger partial charge in [-0.15, -0.1) is 0 Å². The van der Waals surface area contributed by atoms with Gasteiger partial charge in [0, 0.05) is 18.7 Å². The normalized spacial score (nSPS) is 21.8. The molecule has 1 fully saturated rings. The highest BCUT2D eigenvalue weighted by Crippen LogP contribution is 2.30. The summed E-state index contributed by atoms with van der Waals surface area (Å²) < 4.78 is 16.2. The summed E-state index contributed by atoms with van der Waals surface area (Å²) in [6.45, 7) is 6.23. The van der Waals surface area contributed by atoms with Crippen molar-refractivity contribution in [2.45, 2.75) is 32.5 Å². The molecule has 0 bridgehead atoms. The smallest absolute Gasteiger partial charge is 0.258 e. The second-order valence-electron chi connectivity index (χ2n) is 6.16. The van der Waals surface area contributed by atoms with E-state index in [9.17, 15) is 4.79 Å². The molecule has 7 heteroatoms. The first-order valence-electron chi connectivity index (χ1n) is 8.02. The molecular weight excluding hydrogens is 310 g/mol. The van der Waals surface area contributed by atoms with Crippen molar-refractivity contribution in [1.29, 1.82) is 0 Å². The molecular formula is C17H23N3O4. The number of aromatic amines is 1. The number of hydrogen-bond acceptors (Lipinski definition) is 6. The number of methoxy groups -OCH3 is 2. The van der Waals surface area contributed by atoms with Gasteiger partial charge >= 0.3 is 0 Å². The fourth-order valence-electron chi connectivity index (χ4n) is 2.97. The minimum atomic E-state index is -0.176. The zero-order valence-electron chi connectivity index (χ0n) is 14.5. The molecule has 0 saturated carbocycles. The Morgan fingerprint density at radius 1 is 1.29 bits per heavy atom. The lowest BCUT2D eigenvalue weighted by molar-refractivity contribution is -0.0534. The van der Waals surface area contributed by atoms with Gasteiger partial charge in [-0.2, -0.15) is 0 Å². The summed E-state index contributed by atoms with van der Waals surface area (Å²) >= 11 is 0. The third-order valence-corrected chi connectivity index (χ3v) is 4.35. The first-order valence-corrected chi connectivity index (χ1v) is 8.02. The Labute approximate surface area is 140 Å². The summed E-state index contributed by atoms with van der Waals surface area (Å²) in [6, 6.07) is 3.68. The number of H-pyrrole nitrogens is 1. The fourth-order valence-corrected chi connectivity index (χ4v) is 2.97. The second-order valence-corrected chi connectivity index (χ2v) is 6.16. The molecule has 1 aromatic heterocycles. The number of aromatic nitrogens is 2. The van der Waals surface area contributed by atoms with Crippen molar-refractivity contribution in [3.63, 3.8) is 0 Å². The Balaban J connectivity index is 1.96. The number of nitrogens with zero attached hydrogens (tertiary/aromatic N) is 2. The molecule has 1 aliphatic heterocycles. The van der Waals surface area contributed by atoms with Gasteiger partial charge < -0.3 is 19.2 Å². The maximum absolute atomic E-state index is 12.4. The van der Waals surface area contributed by atoms with Crippen molar-refractivity contribution in [3.8, 4) is 11.5 Å². The number of rotatable bonds is 4. The molecule has 0 radical (unpaired) electrons. The van der Waals surface area contributed by atoms with Crippen LogP contribution in [-0.4, -0.2) is 54.4 Å². The number of morpholine rings is 1. The summed E-state index contributed by atoms with van der Waals surface area (Å²) in [4.78, 5) is 22.2. The first kappa shape index (κ1) is 16.7. The van der Waals surface area contributed by atoms with Crippen LogP contribution < -0.4 is 15.0 Å². The SMILES string of the molecule is COc1cc2nc(CN3CC(C)OCC3C)[nH]c(=O)c2cc1OC. The lowest BCUT2D eigenvalue weighted by Gasteiger charge is -2.36. The summed E-state index contributed by atoms with van der Waals surface area (Å²) in [5, 5.41) is 0.486. The Bertz CT molecular complexity index is 789. The predicted octanol–water partition coefficient (Wildman–Crippen LogP) is 1.55. The Kier molecular flexibility index (Phi) is 4.73. The van der Waals surface area contributed by atoms with Crippen molar-refractivity contribution in [1.82, 2.24) is 14.9 Å². The summed E-state index contributed by atoms with van der Waals surface area (Å²) in [5.74, 6) is 1.71. The molecule has 0 amide bonds. The minimum absolute atomic E-state index is 0.176. The molecule has 3 rings (SSSR count). The molecule has 1 aliphatic rings. The Morgan fingerprint density at radius 2 is 2.00 bits per heavy atom. The molecule has 1 aromatic carbocycles. The van der Waals surface area contributed by atoms with Crippen LogP contribution in [-0.2, 0) is 11.3 Å². The van der Waals surface area contributed by atoms with Gasteiger partial charge in [0.2, 0.25) is 0 Å². The summed E-state index contributed by atoms with van der Waals surface area (Å²) in [5.41, 5.74) is 0.422. The largest absolute Gasteiger partial charge is 0.493 e. The van der Waals surface area contributed by atoms with Crippen molar-refractivity contribution in [2.24, 2.45) is 0 Å². The molecule has 2 unspecified atom stereocenters. The highest BCUT2D eigenvalue weighted by molar-refractivity contribution is 5.81. The van der Waals surface area contributed by atoms with Crippen LogP contribution in [0, 0.1) is 0 Å². The van der Waals surface area contributed by atoms with Crippen molar-refractivity contribution < 1.29 is 14.2 Å². The van der Waals surface area contributed by atoms with Crippen LogP contribution in [0.25, 0.3) is 10.9 Å². The van der Waals surface area contributed by atoms with Crippen LogP contribution in [0.15, 0.2) is 16.9 Å². The van der Waals surface area contributed by atoms with Crippen LogP contribution in [0.3, 0.4) is 0 Å². The van der Waals surface area contributed by atoms with Gasteiger partial charge in [-0.05, 0) is 19.9 Å². The van der Waals surface area contributed by atoms with Crippen LogP contribution in [0.2, 0.25) is 0 Å². The van der Waals surface area contributed by atoms with E-state index >= 15 is 0 Å². The second kappa shape index (κ2) is 6.78. The quantitative estimate of drug-likeness (QED) is 0.915. The Hall–Kier alpha value is -2.12. The van der Waals surface area contributed by atoms with E-state index in [1.807, 2.05) is 6.92 Å². The van der Waals surface area contributed by atoms with E-state index < -0.39 is 0 Å². The highest BCUT2D eigenvalue weighted by atomic mass is 16.5. The van der Waals surface area contributed by atoms with E-state index in [-0.39, 0.29) is 17.7 Å². The van der Waals surface area contributed by atoms with Gasteiger partial charge in [-0.3, -0.25) is 9.69 Å². The number of fused-ring (bicyclic) bond motifs is 1. The maximum atomic E-state index is 12.4. The highest BCUT2D eigenvalue weighted by Gasteiger charge is 2.24. The fraction of sp³-hybridized carbons (Fsp3) is 0.529. The first-order chi connectivity index (χ1) is 11.5. The minimum Gasteiger partial charge on any atom is -0.493 e. The van der Waals surface area contributed by atoms with E-state index in [0.29, 0.717) is 41.4 Å². The van der Waals surface area contributed by atoms with Crippen molar-refractivity contribution in [3.05, 3.63) is 28.3 Å². The molecule has 2 aromatic rings. The van der Waals surface area contributed by atoms with Crippen LogP contribution in [0.4, 0.5) is 0 Å². The number of nitrogens with one attached hydrogen (secondary N) is 1. The maximum Gasteiger partial charge on any atom is 0.258 e. The summed E-state index contributed by atoms with van der Waals surface area (Å²) in [7, 11) is 3.11. The van der Waals surface area contributed by atoms with Crippen molar-refractivity contribution >= 4 is 10.9 Å². The molecule has 2 atom stereocenters. The molecule has 1 saturated heterocycles. The molecule has 1 N–H and O–H groups in total. The van der Waals surface area contributed by atoms with E-state index in [2.05, 4.69) is 21.8 Å². The number of hydrogen-bond donors (Lipinski definition) is 1. The van der Waals surface area contributed by atoms with E-state index in [1.165, 1.54) is 0 Å². The average Bonchev–Trinajstić information content (AvgIpc) is 2.57. The molecule has 130 valence electrons. The molecule has 24 heavy (non-hydrogen) atoms. The number of benzene rings is 1. The monoisotopic (exact) mass is 333 g/mol. The Morgan fingerprint density at radius 3 is 2.71 bits per heavy atom. The molecule has 2 heterocycles. The predicted molar refractivity (Wildman–Crippen MR) is 90.8 cm³/mol. The van der Waals surface area contributed by atoms with Gasteiger partial charge in [0.05, 0.1) is 44.4 Å². The topological polar surface area (TPSA) is 76.7 Å². The average molecular weight is 333 g/mol. The number of ether oxygens (including phenoxy) is 3. The third-order valence-electron chi connectivity index (χ3n) is 4.35. The zero-order valence-corrected chi connectivity index (χ0v) is 14.5. The van der Waals surface area contributed by atoms with Crippen LogP contribution >= 0.6 is 0 Å². The van der Waals surface area contributed by atoms with Crippen molar-refractivity contribution in [2.75, 3.05) is 27.4 Å². The molecule has 0 spiro atoms. The third kappa shape index (κ3) is 3.22. The lowest BCUT2D eigenvalue weighted by Crippen LogP contribution is -2.47. The molecule has 7 nitrogen and oxygen atoms in total. The van der Waals surface area contributed by atoms with Crippen LogP contribution in [0.5, 0.6) is 11.5 Å². The standard InChI is InChI=1S/C17H23N3O4/c1-10-9-24-11(2)7-20(10)8-16-18-13-6-15(23-4)14(22-3)5-12(13)17(21)19-16/h5-6,10-11H,7-9H2,1-4H3,(H,18,19,21). The van der Waals surface area contributed by atoms with Gasteiger partial charge in [0.15, 0.2) is 11.5 Å². The van der Waals surface area contributed by atoms with Crippen LogP contribution in [0.1, 0.15) is 19.7 Å². The van der Waals surface area contributed by atoms with Gasteiger partial charge in [-0.25, -0.2) is 4.98 Å². The van der Waals surface area contributed by atoms with Gasteiger partial charge in [0.1, 0.15) is 5.82 Å². The van der Waals surface area contributed by atoms with E-state index in [1.54, 1.807) is 26.4 Å². The van der Waals surface area contributed by atoms with Gasteiger partial charge in [-0.1, -0.05) is 0 Å². The van der Waals surface area contributed by atoms with Gasteiger partial charge in [0.25, 0.3) is 5.56 Å². The lowest BCUT2D eigenvalue weighted by atomic mass is 10.2. The van der Waals surface area contributed by atoms with E-state index in [0.717, 1.165) is 6.54 Å². The molecule has 0 aliphatic carbocycles.